The van der Waals surface area contributed by atoms with Crippen molar-refractivity contribution in [2.24, 2.45) is 5.92 Å². The summed E-state index contributed by atoms with van der Waals surface area (Å²) < 4.78 is 18.8. The van der Waals surface area contributed by atoms with Crippen molar-refractivity contribution in [1.82, 2.24) is 15.3 Å². The molecule has 0 spiro atoms. The van der Waals surface area contributed by atoms with Gasteiger partial charge < -0.3 is 20.7 Å². The molecule has 0 saturated carbocycles. The van der Waals surface area contributed by atoms with Gasteiger partial charge in [0.05, 0.1) is 10.5 Å². The van der Waals surface area contributed by atoms with Crippen LogP contribution in [0.25, 0.3) is 10.9 Å². The zero-order chi connectivity index (χ0) is 25.8. The Morgan fingerprint density at radius 2 is 1.80 bits per heavy atom. The van der Waals surface area contributed by atoms with Gasteiger partial charge in [0.25, 0.3) is 0 Å². The monoisotopic (exact) mass is 501 g/mol. The van der Waals surface area contributed by atoms with E-state index < -0.39 is 23.6 Å². The average molecular weight is 502 g/mol. The van der Waals surface area contributed by atoms with Crippen molar-refractivity contribution in [2.75, 3.05) is 10.6 Å². The van der Waals surface area contributed by atoms with E-state index in [0.29, 0.717) is 34.5 Å². The molecule has 0 aliphatic heterocycles. The molecule has 0 fully saturated rings. The molecule has 3 rings (SSSR count). The normalized spacial score (nSPS) is 12.3. The molecule has 10 heteroatoms. The summed E-state index contributed by atoms with van der Waals surface area (Å²) in [7, 11) is 0. The van der Waals surface area contributed by atoms with Gasteiger partial charge in [0, 0.05) is 16.8 Å². The SMILES string of the molecule is CC(C)C[C@@H](NC(=O)OC(C)(C)C)C(=O)Nc1ccc2ncnc(Nc3ccc(F)c(Cl)c3)c2c1. The van der Waals surface area contributed by atoms with Crippen molar-refractivity contribution in [3.63, 3.8) is 0 Å². The number of nitrogens with zero attached hydrogens (tertiary/aromatic N) is 2. The van der Waals surface area contributed by atoms with Crippen LogP contribution in [0.4, 0.5) is 26.4 Å². The molecule has 0 aliphatic rings. The summed E-state index contributed by atoms with van der Waals surface area (Å²) in [6.45, 7) is 9.19. The van der Waals surface area contributed by atoms with Crippen LogP contribution in [-0.2, 0) is 9.53 Å². The molecule has 0 bridgehead atoms. The van der Waals surface area contributed by atoms with Gasteiger partial charge in [0.1, 0.15) is 29.6 Å². The Bertz CT molecular complexity index is 1230. The number of hydrogen-bond donors (Lipinski definition) is 3. The molecule has 0 radical (unpaired) electrons. The van der Waals surface area contributed by atoms with Crippen LogP contribution in [0.5, 0.6) is 0 Å². The van der Waals surface area contributed by atoms with Gasteiger partial charge in [-0.15, -0.1) is 0 Å². The van der Waals surface area contributed by atoms with Crippen molar-refractivity contribution in [3.05, 3.63) is 53.6 Å². The number of anilines is 3. The average Bonchev–Trinajstić information content (AvgIpc) is 2.74. The lowest BCUT2D eigenvalue weighted by atomic mass is 10.0. The van der Waals surface area contributed by atoms with Gasteiger partial charge >= 0.3 is 6.09 Å². The van der Waals surface area contributed by atoms with E-state index in [0.717, 1.165) is 0 Å². The Kier molecular flexibility index (Phi) is 8.11. The summed E-state index contributed by atoms with van der Waals surface area (Å²) in [6, 6.07) is 8.65. The lowest BCUT2D eigenvalue weighted by molar-refractivity contribution is -0.118. The van der Waals surface area contributed by atoms with Gasteiger partial charge in [0.2, 0.25) is 5.91 Å². The first kappa shape index (κ1) is 26.2. The molecule has 3 N–H and O–H groups in total. The summed E-state index contributed by atoms with van der Waals surface area (Å²) in [5.74, 6) is -0.283. The minimum atomic E-state index is -0.786. The molecular formula is C25H29ClFN5O3. The Labute approximate surface area is 208 Å². The molecule has 1 aromatic heterocycles. The number of ether oxygens (including phenoxy) is 1. The first-order chi connectivity index (χ1) is 16.4. The van der Waals surface area contributed by atoms with Crippen LogP contribution in [0.2, 0.25) is 5.02 Å². The molecule has 186 valence electrons. The van der Waals surface area contributed by atoms with E-state index in [2.05, 4.69) is 25.9 Å². The van der Waals surface area contributed by atoms with E-state index >= 15 is 0 Å². The highest BCUT2D eigenvalue weighted by Gasteiger charge is 2.25. The van der Waals surface area contributed by atoms with Crippen molar-refractivity contribution in [3.8, 4) is 0 Å². The van der Waals surface area contributed by atoms with Gasteiger partial charge in [-0.05, 0) is 69.5 Å². The Morgan fingerprint density at radius 3 is 2.46 bits per heavy atom. The maximum absolute atomic E-state index is 13.5. The van der Waals surface area contributed by atoms with E-state index in [1.807, 2.05) is 13.8 Å². The largest absolute Gasteiger partial charge is 0.444 e. The first-order valence-corrected chi connectivity index (χ1v) is 11.6. The van der Waals surface area contributed by atoms with Gasteiger partial charge in [-0.2, -0.15) is 0 Å². The van der Waals surface area contributed by atoms with E-state index in [4.69, 9.17) is 16.3 Å². The van der Waals surface area contributed by atoms with Gasteiger partial charge in [-0.3, -0.25) is 4.79 Å². The number of carbonyl (C=O) groups excluding carboxylic acids is 2. The fourth-order valence-corrected chi connectivity index (χ4v) is 3.51. The zero-order valence-electron chi connectivity index (χ0n) is 20.3. The van der Waals surface area contributed by atoms with Crippen LogP contribution in [0.15, 0.2) is 42.7 Å². The van der Waals surface area contributed by atoms with E-state index in [1.165, 1.54) is 18.5 Å². The van der Waals surface area contributed by atoms with Crippen LogP contribution in [0.1, 0.15) is 41.0 Å². The number of halogens is 2. The topological polar surface area (TPSA) is 105 Å². The highest BCUT2D eigenvalue weighted by atomic mass is 35.5. The third kappa shape index (κ3) is 7.51. The third-order valence-corrected chi connectivity index (χ3v) is 5.09. The first-order valence-electron chi connectivity index (χ1n) is 11.2. The smallest absolute Gasteiger partial charge is 0.408 e. The Morgan fingerprint density at radius 1 is 1.09 bits per heavy atom. The van der Waals surface area contributed by atoms with Gasteiger partial charge in [-0.25, -0.2) is 19.2 Å². The highest BCUT2D eigenvalue weighted by molar-refractivity contribution is 6.31. The summed E-state index contributed by atoms with van der Waals surface area (Å²) in [5.41, 5.74) is 1.00. The van der Waals surface area contributed by atoms with Gasteiger partial charge in [-0.1, -0.05) is 25.4 Å². The maximum Gasteiger partial charge on any atom is 0.408 e. The summed E-state index contributed by atoms with van der Waals surface area (Å²) in [4.78, 5) is 33.9. The second-order valence-electron chi connectivity index (χ2n) is 9.53. The number of carbonyl (C=O) groups is 2. The molecule has 0 aliphatic carbocycles. The second-order valence-corrected chi connectivity index (χ2v) is 9.93. The van der Waals surface area contributed by atoms with Crippen LogP contribution >= 0.6 is 11.6 Å². The molecule has 8 nitrogen and oxygen atoms in total. The number of amides is 2. The van der Waals surface area contributed by atoms with E-state index in [-0.39, 0.29) is 16.8 Å². The van der Waals surface area contributed by atoms with Crippen molar-refractivity contribution >= 4 is 51.7 Å². The molecule has 1 atom stereocenters. The predicted molar refractivity (Wildman–Crippen MR) is 135 cm³/mol. The number of nitrogens with one attached hydrogen (secondary N) is 3. The number of benzene rings is 2. The Hall–Kier alpha value is -3.46. The number of aromatic nitrogens is 2. The molecular weight excluding hydrogens is 473 g/mol. The van der Waals surface area contributed by atoms with E-state index in [1.54, 1.807) is 45.0 Å². The summed E-state index contributed by atoms with van der Waals surface area (Å²) >= 11 is 5.88. The lowest BCUT2D eigenvalue weighted by Crippen LogP contribution is -2.46. The fraction of sp³-hybridized carbons (Fsp3) is 0.360. The Balaban J connectivity index is 1.82. The molecule has 1 heterocycles. The lowest BCUT2D eigenvalue weighted by Gasteiger charge is -2.24. The minimum absolute atomic E-state index is 0.0185. The van der Waals surface area contributed by atoms with Crippen molar-refractivity contribution < 1.29 is 18.7 Å². The molecule has 2 amide bonds. The molecule has 0 unspecified atom stereocenters. The highest BCUT2D eigenvalue weighted by Crippen LogP contribution is 2.28. The molecule has 3 aromatic rings. The van der Waals surface area contributed by atoms with Crippen LogP contribution in [0.3, 0.4) is 0 Å². The number of hydrogen-bond acceptors (Lipinski definition) is 6. The minimum Gasteiger partial charge on any atom is -0.444 e. The second kappa shape index (κ2) is 10.9. The van der Waals surface area contributed by atoms with E-state index in [9.17, 15) is 14.0 Å². The summed E-state index contributed by atoms with van der Waals surface area (Å²) in [5, 5.41) is 9.23. The molecule has 0 saturated heterocycles. The fourth-order valence-electron chi connectivity index (χ4n) is 3.33. The summed E-state index contributed by atoms with van der Waals surface area (Å²) in [6.07, 6.45) is 1.17. The standard InChI is InChI=1S/C25H29ClFN5O3/c1-14(2)10-21(32-24(34)35-25(3,4)5)23(33)31-15-7-9-20-17(11-15)22(29-13-28-20)30-16-6-8-19(27)18(26)12-16/h6-9,11-14,21H,10H2,1-5H3,(H,31,33)(H,32,34)(H,28,29,30)/t21-/m1/s1. The van der Waals surface area contributed by atoms with Crippen molar-refractivity contribution in [1.29, 1.82) is 0 Å². The third-order valence-electron chi connectivity index (χ3n) is 4.80. The predicted octanol–water partition coefficient (Wildman–Crippen LogP) is 6.04. The van der Waals surface area contributed by atoms with Crippen LogP contribution in [-0.4, -0.2) is 33.6 Å². The zero-order valence-corrected chi connectivity index (χ0v) is 21.0. The molecule has 35 heavy (non-hydrogen) atoms. The van der Waals surface area contributed by atoms with Crippen LogP contribution in [0, 0.1) is 11.7 Å². The maximum atomic E-state index is 13.5. The van der Waals surface area contributed by atoms with Crippen LogP contribution < -0.4 is 16.0 Å². The number of fused-ring (bicyclic) bond motifs is 1. The van der Waals surface area contributed by atoms with Gasteiger partial charge in [0.15, 0.2) is 0 Å². The number of rotatable bonds is 7. The molecule has 2 aromatic carbocycles. The van der Waals surface area contributed by atoms with Crippen molar-refractivity contribution in [2.45, 2.75) is 52.7 Å². The quantitative estimate of drug-likeness (QED) is 0.364. The number of alkyl carbamates (subject to hydrolysis) is 1.